The van der Waals surface area contributed by atoms with Crippen LogP contribution in [0.25, 0.3) is 0 Å². The van der Waals surface area contributed by atoms with Gasteiger partial charge in [-0.15, -0.1) is 9.24 Å². The molecule has 1 aromatic rings. The van der Waals surface area contributed by atoms with Gasteiger partial charge in [0.15, 0.2) is 0 Å². The molecule has 0 fully saturated rings. The van der Waals surface area contributed by atoms with Crippen LogP contribution in [0.2, 0.25) is 0 Å². The van der Waals surface area contributed by atoms with Crippen LogP contribution < -0.4 is 0 Å². The lowest BCUT2D eigenvalue weighted by atomic mass is 10.1. The minimum atomic E-state index is 0.626. The molecule has 0 saturated carbocycles. The Balaban J connectivity index is 0. The van der Waals surface area contributed by atoms with Gasteiger partial charge in [-0.05, 0) is 17.6 Å². The molecule has 82 valence electrons. The van der Waals surface area contributed by atoms with E-state index in [0.29, 0.717) is 5.66 Å². The van der Waals surface area contributed by atoms with E-state index < -0.39 is 0 Å². The summed E-state index contributed by atoms with van der Waals surface area (Å²) in [5.74, 6) is 0. The molecule has 1 heteroatoms. The molecular weight excluding hydrogens is 187 g/mol. The summed E-state index contributed by atoms with van der Waals surface area (Å²) >= 11 is 0. The van der Waals surface area contributed by atoms with Crippen molar-refractivity contribution in [3.8, 4) is 0 Å². The third-order valence-electron chi connectivity index (χ3n) is 1.67. The molecule has 1 rings (SSSR count). The van der Waals surface area contributed by atoms with Crippen molar-refractivity contribution in [2.75, 3.05) is 0 Å². The van der Waals surface area contributed by atoms with Crippen LogP contribution in [-0.4, -0.2) is 0 Å². The molecule has 0 aromatic heterocycles. The van der Waals surface area contributed by atoms with E-state index in [2.05, 4.69) is 46.5 Å². The van der Waals surface area contributed by atoms with E-state index in [1.54, 1.807) is 0 Å². The first-order valence-electron chi connectivity index (χ1n) is 5.65. The van der Waals surface area contributed by atoms with E-state index in [9.17, 15) is 0 Å². The van der Waals surface area contributed by atoms with Crippen LogP contribution in [0.3, 0.4) is 0 Å². The Labute approximate surface area is 92.3 Å². The standard InChI is InChI=1S/C9H13P.2C2H6/c1-2-9(10)8-6-4-3-5-7-8;2*1-2/h3-7,9H,2,10H2,1H3;2*1-2H3. The summed E-state index contributed by atoms with van der Waals surface area (Å²) in [4.78, 5) is 0. The summed E-state index contributed by atoms with van der Waals surface area (Å²) in [5, 5.41) is 0. The Kier molecular flexibility index (Phi) is 14.5. The molecule has 0 bridgehead atoms. The lowest BCUT2D eigenvalue weighted by molar-refractivity contribution is 0.897. The van der Waals surface area contributed by atoms with Crippen molar-refractivity contribution in [1.29, 1.82) is 0 Å². The molecule has 0 aliphatic rings. The van der Waals surface area contributed by atoms with Gasteiger partial charge >= 0.3 is 0 Å². The second-order valence-corrected chi connectivity index (χ2v) is 3.23. The van der Waals surface area contributed by atoms with Crippen LogP contribution in [0.5, 0.6) is 0 Å². The van der Waals surface area contributed by atoms with Crippen molar-refractivity contribution < 1.29 is 0 Å². The van der Waals surface area contributed by atoms with E-state index in [4.69, 9.17) is 0 Å². The number of benzene rings is 1. The van der Waals surface area contributed by atoms with Gasteiger partial charge < -0.3 is 0 Å². The van der Waals surface area contributed by atoms with Crippen LogP contribution in [0, 0.1) is 0 Å². The fourth-order valence-corrected chi connectivity index (χ4v) is 1.16. The first kappa shape index (κ1) is 16.1. The van der Waals surface area contributed by atoms with Crippen LogP contribution in [0.15, 0.2) is 30.3 Å². The summed E-state index contributed by atoms with van der Waals surface area (Å²) in [6.07, 6.45) is 1.19. The molecule has 2 atom stereocenters. The fourth-order valence-electron chi connectivity index (χ4n) is 0.936. The smallest absolute Gasteiger partial charge is 0.00172 e. The van der Waals surface area contributed by atoms with Gasteiger partial charge in [0.2, 0.25) is 0 Å². The SMILES string of the molecule is CC.CC.CCC(P)c1ccccc1. The molecule has 0 nitrogen and oxygen atoms in total. The number of hydrogen-bond acceptors (Lipinski definition) is 0. The van der Waals surface area contributed by atoms with Crippen LogP contribution in [0.4, 0.5) is 0 Å². The second kappa shape index (κ2) is 12.7. The van der Waals surface area contributed by atoms with E-state index in [1.165, 1.54) is 12.0 Å². The zero-order chi connectivity index (χ0) is 11.4. The van der Waals surface area contributed by atoms with Crippen LogP contribution in [0.1, 0.15) is 52.3 Å². The minimum Gasteiger partial charge on any atom is -0.130 e. The van der Waals surface area contributed by atoms with E-state index in [0.717, 1.165) is 0 Å². The molecular formula is C13H25P. The van der Waals surface area contributed by atoms with Crippen molar-refractivity contribution in [3.63, 3.8) is 0 Å². The highest BCUT2D eigenvalue weighted by Gasteiger charge is 1.99. The molecule has 0 amide bonds. The maximum atomic E-state index is 2.85. The third kappa shape index (κ3) is 7.09. The lowest BCUT2D eigenvalue weighted by Crippen LogP contribution is -1.84. The zero-order valence-electron chi connectivity index (χ0n) is 10.2. The average Bonchev–Trinajstić information content (AvgIpc) is 2.34. The molecule has 0 radical (unpaired) electrons. The predicted molar refractivity (Wildman–Crippen MR) is 71.9 cm³/mol. The maximum absolute atomic E-state index is 2.85. The monoisotopic (exact) mass is 212 g/mol. The molecule has 0 N–H and O–H groups in total. The first-order valence-corrected chi connectivity index (χ1v) is 6.31. The van der Waals surface area contributed by atoms with Gasteiger partial charge in [0, 0.05) is 0 Å². The van der Waals surface area contributed by atoms with Crippen LogP contribution in [-0.2, 0) is 0 Å². The van der Waals surface area contributed by atoms with Gasteiger partial charge in [-0.3, -0.25) is 0 Å². The molecule has 0 saturated heterocycles. The molecule has 2 unspecified atom stereocenters. The van der Waals surface area contributed by atoms with Gasteiger partial charge in [0.1, 0.15) is 0 Å². The highest BCUT2D eigenvalue weighted by molar-refractivity contribution is 7.17. The normalized spacial score (nSPS) is 10.1. The molecule has 0 heterocycles. The van der Waals surface area contributed by atoms with Crippen molar-refractivity contribution in [1.82, 2.24) is 0 Å². The molecule has 0 aliphatic heterocycles. The first-order chi connectivity index (χ1) is 6.84. The summed E-state index contributed by atoms with van der Waals surface area (Å²) in [6.45, 7) is 10.2. The lowest BCUT2D eigenvalue weighted by Gasteiger charge is -2.06. The Morgan fingerprint density at radius 3 is 1.79 bits per heavy atom. The minimum absolute atomic E-state index is 0.626. The molecule has 0 aliphatic carbocycles. The number of rotatable bonds is 2. The van der Waals surface area contributed by atoms with Gasteiger partial charge in [0.05, 0.1) is 0 Å². The predicted octanol–water partition coefficient (Wildman–Crippen LogP) is 5.07. The Bertz CT molecular complexity index is 182. The average molecular weight is 212 g/mol. The zero-order valence-corrected chi connectivity index (χ0v) is 11.4. The van der Waals surface area contributed by atoms with Crippen molar-refractivity contribution in [2.24, 2.45) is 0 Å². The Morgan fingerprint density at radius 2 is 1.43 bits per heavy atom. The second-order valence-electron chi connectivity index (χ2n) is 2.43. The number of hydrogen-bond donors (Lipinski definition) is 0. The summed E-state index contributed by atoms with van der Waals surface area (Å²) < 4.78 is 0. The van der Waals surface area contributed by atoms with E-state index in [1.807, 2.05) is 27.7 Å². The van der Waals surface area contributed by atoms with Gasteiger partial charge in [0.25, 0.3) is 0 Å². The fraction of sp³-hybridized carbons (Fsp3) is 0.538. The third-order valence-corrected chi connectivity index (χ3v) is 2.52. The largest absolute Gasteiger partial charge is 0.130 e. The van der Waals surface area contributed by atoms with Gasteiger partial charge in [-0.1, -0.05) is 65.0 Å². The van der Waals surface area contributed by atoms with Gasteiger partial charge in [-0.2, -0.15) is 0 Å². The topological polar surface area (TPSA) is 0 Å². The molecule has 0 spiro atoms. The quantitative estimate of drug-likeness (QED) is 0.601. The van der Waals surface area contributed by atoms with Crippen LogP contribution >= 0.6 is 9.24 Å². The molecule has 1 aromatic carbocycles. The Morgan fingerprint density at radius 1 is 1.00 bits per heavy atom. The van der Waals surface area contributed by atoms with E-state index in [-0.39, 0.29) is 0 Å². The highest BCUT2D eigenvalue weighted by atomic mass is 31.0. The van der Waals surface area contributed by atoms with Crippen molar-refractivity contribution >= 4 is 9.24 Å². The summed E-state index contributed by atoms with van der Waals surface area (Å²) in [5.41, 5.74) is 2.04. The van der Waals surface area contributed by atoms with E-state index >= 15 is 0 Å². The Hall–Kier alpha value is -0.350. The maximum Gasteiger partial charge on any atom is -0.00172 e. The highest BCUT2D eigenvalue weighted by Crippen LogP contribution is 2.25. The van der Waals surface area contributed by atoms with Crippen molar-refractivity contribution in [2.45, 2.75) is 46.7 Å². The summed E-state index contributed by atoms with van der Waals surface area (Å²) in [6, 6.07) is 10.6. The molecule has 14 heavy (non-hydrogen) atoms. The summed E-state index contributed by atoms with van der Waals surface area (Å²) in [7, 11) is 2.85. The van der Waals surface area contributed by atoms with Crippen molar-refractivity contribution in [3.05, 3.63) is 35.9 Å². The van der Waals surface area contributed by atoms with Gasteiger partial charge in [-0.25, -0.2) is 0 Å².